The molecule has 0 saturated carbocycles. The first-order valence-electron chi connectivity index (χ1n) is 19.1. The third kappa shape index (κ3) is 4.66. The first-order chi connectivity index (χ1) is 27.7. The molecule has 0 aliphatic carbocycles. The molecule has 0 atom stereocenters. The zero-order valence-corrected chi connectivity index (χ0v) is 30.3. The van der Waals surface area contributed by atoms with E-state index in [1.54, 1.807) is 0 Å². The van der Waals surface area contributed by atoms with Crippen molar-refractivity contribution in [3.05, 3.63) is 194 Å². The van der Waals surface area contributed by atoms with Crippen LogP contribution in [0.25, 0.3) is 110 Å². The highest BCUT2D eigenvalue weighted by Gasteiger charge is 2.20. The Hall–Kier alpha value is -7.56. The van der Waals surface area contributed by atoms with Gasteiger partial charge in [0, 0.05) is 38.2 Å². The van der Waals surface area contributed by atoms with Crippen LogP contribution in [0.1, 0.15) is 0 Å². The number of rotatable bonds is 4. The van der Waals surface area contributed by atoms with Gasteiger partial charge in [-0.2, -0.15) is 0 Å². The summed E-state index contributed by atoms with van der Waals surface area (Å²) in [7, 11) is 0. The number of nitrogens with zero attached hydrogens (tertiary/aromatic N) is 4. The van der Waals surface area contributed by atoms with Crippen molar-refractivity contribution in [2.75, 3.05) is 0 Å². The minimum Gasteiger partial charge on any atom is -0.309 e. The SMILES string of the molecule is c1ccc(-n2c3ccccc3c3cc(-c4ccc5c6cc7ccccc7cc6n(-c6nc(-c7ccc8ccccc8c7)c7ccccc7n6)c5c4)ccc32)cc1. The standard InChI is InChI=1S/C52H32N4/c1-2-16-40(17-3-1)55-47-21-11-9-18-41(47)44-30-37(25-27-48(44)55)38-24-26-42-45-29-35-14-6-7-15-36(35)31-50(45)56(49(42)32-38)52-53-46-20-10-8-19-43(46)51(54-52)39-23-22-33-12-4-5-13-34(33)28-39/h1-32H. The summed E-state index contributed by atoms with van der Waals surface area (Å²) in [5.41, 5.74) is 10.9. The van der Waals surface area contributed by atoms with Crippen LogP contribution in [-0.2, 0) is 0 Å². The molecule has 0 bridgehead atoms. The maximum atomic E-state index is 5.46. The van der Waals surface area contributed by atoms with E-state index >= 15 is 0 Å². The van der Waals surface area contributed by atoms with Crippen molar-refractivity contribution >= 4 is 76.1 Å². The molecular formula is C52H32N4. The second kappa shape index (κ2) is 12.0. The van der Waals surface area contributed by atoms with Crippen LogP contribution in [0, 0.1) is 0 Å². The monoisotopic (exact) mass is 712 g/mol. The Labute approximate surface area is 322 Å². The maximum Gasteiger partial charge on any atom is 0.235 e. The normalized spacial score (nSPS) is 11.9. The van der Waals surface area contributed by atoms with E-state index in [0.717, 1.165) is 50.0 Å². The van der Waals surface area contributed by atoms with Crippen LogP contribution < -0.4 is 0 Å². The molecule has 0 radical (unpaired) electrons. The first kappa shape index (κ1) is 30.9. The van der Waals surface area contributed by atoms with Gasteiger partial charge in [-0.25, -0.2) is 9.97 Å². The average molecular weight is 713 g/mol. The third-order valence-corrected chi connectivity index (χ3v) is 11.5. The molecule has 56 heavy (non-hydrogen) atoms. The second-order valence-electron chi connectivity index (χ2n) is 14.7. The molecule has 0 N–H and O–H groups in total. The van der Waals surface area contributed by atoms with Crippen molar-refractivity contribution in [2.45, 2.75) is 0 Å². The summed E-state index contributed by atoms with van der Waals surface area (Å²) >= 11 is 0. The lowest BCUT2D eigenvalue weighted by Crippen LogP contribution is -2.03. The third-order valence-electron chi connectivity index (χ3n) is 11.5. The van der Waals surface area contributed by atoms with Gasteiger partial charge in [0.1, 0.15) is 0 Å². The highest BCUT2D eigenvalue weighted by Crippen LogP contribution is 2.40. The van der Waals surface area contributed by atoms with Crippen LogP contribution >= 0.6 is 0 Å². The number of fused-ring (bicyclic) bond motifs is 9. The predicted molar refractivity (Wildman–Crippen MR) is 234 cm³/mol. The number of hydrogen-bond donors (Lipinski definition) is 0. The smallest absolute Gasteiger partial charge is 0.235 e. The molecule has 12 rings (SSSR count). The van der Waals surface area contributed by atoms with E-state index in [1.807, 2.05) is 0 Å². The van der Waals surface area contributed by atoms with Crippen molar-refractivity contribution in [3.63, 3.8) is 0 Å². The number of hydrogen-bond acceptors (Lipinski definition) is 2. The van der Waals surface area contributed by atoms with Gasteiger partial charge in [0.05, 0.1) is 33.3 Å². The fourth-order valence-corrected chi connectivity index (χ4v) is 8.83. The molecule has 0 fully saturated rings. The first-order valence-corrected chi connectivity index (χ1v) is 19.1. The summed E-state index contributed by atoms with van der Waals surface area (Å²) in [4.78, 5) is 10.8. The summed E-state index contributed by atoms with van der Waals surface area (Å²) in [6.45, 7) is 0. The van der Waals surface area contributed by atoms with E-state index in [1.165, 1.54) is 54.1 Å². The number of aromatic nitrogens is 4. The van der Waals surface area contributed by atoms with Crippen molar-refractivity contribution < 1.29 is 0 Å². The van der Waals surface area contributed by atoms with Gasteiger partial charge in [0.15, 0.2) is 0 Å². The van der Waals surface area contributed by atoms with Gasteiger partial charge in [0.2, 0.25) is 5.95 Å². The van der Waals surface area contributed by atoms with Gasteiger partial charge in [0.25, 0.3) is 0 Å². The fourth-order valence-electron chi connectivity index (χ4n) is 8.83. The number of para-hydroxylation sites is 3. The molecule has 3 aromatic heterocycles. The second-order valence-corrected chi connectivity index (χ2v) is 14.7. The Balaban J connectivity index is 1.12. The summed E-state index contributed by atoms with van der Waals surface area (Å²) in [5, 5.41) is 10.6. The van der Waals surface area contributed by atoms with Crippen molar-refractivity contribution in [3.8, 4) is 34.0 Å². The highest BCUT2D eigenvalue weighted by atomic mass is 15.2. The fraction of sp³-hybridized carbons (Fsp3) is 0. The average Bonchev–Trinajstić information content (AvgIpc) is 3.76. The maximum absolute atomic E-state index is 5.46. The van der Waals surface area contributed by atoms with Crippen LogP contribution in [0.3, 0.4) is 0 Å². The molecule has 4 nitrogen and oxygen atoms in total. The molecule has 0 aliphatic heterocycles. The van der Waals surface area contributed by atoms with Crippen molar-refractivity contribution in [1.82, 2.24) is 19.1 Å². The predicted octanol–water partition coefficient (Wildman–Crippen LogP) is 13.5. The van der Waals surface area contributed by atoms with Gasteiger partial charge in [-0.05, 0) is 93.3 Å². The molecule has 0 amide bonds. The van der Waals surface area contributed by atoms with Gasteiger partial charge in [-0.3, -0.25) is 4.57 Å². The Bertz CT molecular complexity index is 3540. The van der Waals surface area contributed by atoms with E-state index in [2.05, 4.69) is 203 Å². The molecule has 9 aromatic carbocycles. The Morgan fingerprint density at radius 1 is 0.304 bits per heavy atom. The van der Waals surface area contributed by atoms with Crippen LogP contribution in [0.15, 0.2) is 194 Å². The summed E-state index contributed by atoms with van der Waals surface area (Å²) in [6, 6.07) is 69.8. The minimum absolute atomic E-state index is 0.653. The molecule has 0 saturated heterocycles. The zero-order chi connectivity index (χ0) is 36.7. The Morgan fingerprint density at radius 2 is 0.893 bits per heavy atom. The van der Waals surface area contributed by atoms with E-state index in [9.17, 15) is 0 Å². The van der Waals surface area contributed by atoms with Crippen molar-refractivity contribution in [1.29, 1.82) is 0 Å². The van der Waals surface area contributed by atoms with E-state index in [0.29, 0.717) is 5.95 Å². The molecule has 260 valence electrons. The van der Waals surface area contributed by atoms with E-state index in [-0.39, 0.29) is 0 Å². The molecular weight excluding hydrogens is 681 g/mol. The van der Waals surface area contributed by atoms with E-state index < -0.39 is 0 Å². The summed E-state index contributed by atoms with van der Waals surface area (Å²) < 4.78 is 4.64. The lowest BCUT2D eigenvalue weighted by molar-refractivity contribution is 1.01. The lowest BCUT2D eigenvalue weighted by Gasteiger charge is -2.13. The molecule has 12 aromatic rings. The van der Waals surface area contributed by atoms with Crippen LogP contribution in [0.2, 0.25) is 0 Å². The quantitative estimate of drug-likeness (QED) is 0.182. The molecule has 4 heteroatoms. The lowest BCUT2D eigenvalue weighted by atomic mass is 10.0. The van der Waals surface area contributed by atoms with Gasteiger partial charge < -0.3 is 4.57 Å². The molecule has 0 aliphatic rings. The summed E-state index contributed by atoms with van der Waals surface area (Å²) in [5.74, 6) is 0.653. The van der Waals surface area contributed by atoms with Crippen molar-refractivity contribution in [2.24, 2.45) is 0 Å². The van der Waals surface area contributed by atoms with Crippen LogP contribution in [-0.4, -0.2) is 19.1 Å². The molecule has 0 spiro atoms. The Kier molecular flexibility index (Phi) is 6.60. The molecule has 3 heterocycles. The van der Waals surface area contributed by atoms with E-state index in [4.69, 9.17) is 9.97 Å². The number of benzene rings is 9. The van der Waals surface area contributed by atoms with Crippen LogP contribution in [0.4, 0.5) is 0 Å². The van der Waals surface area contributed by atoms with Gasteiger partial charge >= 0.3 is 0 Å². The zero-order valence-electron chi connectivity index (χ0n) is 30.3. The topological polar surface area (TPSA) is 35.6 Å². The minimum atomic E-state index is 0.653. The Morgan fingerprint density at radius 3 is 1.75 bits per heavy atom. The van der Waals surface area contributed by atoms with Gasteiger partial charge in [-0.15, -0.1) is 0 Å². The molecule has 0 unspecified atom stereocenters. The largest absolute Gasteiger partial charge is 0.309 e. The van der Waals surface area contributed by atoms with Gasteiger partial charge in [-0.1, -0.05) is 133 Å². The van der Waals surface area contributed by atoms with Crippen LogP contribution in [0.5, 0.6) is 0 Å². The highest BCUT2D eigenvalue weighted by molar-refractivity contribution is 6.15. The summed E-state index contributed by atoms with van der Waals surface area (Å²) in [6.07, 6.45) is 0.